The zero-order valence-corrected chi connectivity index (χ0v) is 10.8. The Morgan fingerprint density at radius 1 is 1.18 bits per heavy atom. The van der Waals surface area contributed by atoms with E-state index < -0.39 is 6.29 Å². The lowest BCUT2D eigenvalue weighted by atomic mass is 9.86. The molecule has 1 aliphatic carbocycles. The first-order chi connectivity index (χ1) is 8.27. The normalized spacial score (nSPS) is 16.6. The maximum Gasteiger partial charge on any atom is 0.222 e. The van der Waals surface area contributed by atoms with Gasteiger partial charge in [0, 0.05) is 19.1 Å². The second kappa shape index (κ2) is 8.27. The van der Waals surface area contributed by atoms with Crippen LogP contribution in [0.1, 0.15) is 46.0 Å². The maximum atomic E-state index is 11.8. The van der Waals surface area contributed by atoms with Crippen molar-refractivity contribution in [3.63, 3.8) is 0 Å². The molecule has 0 atom stereocenters. The molecule has 0 radical (unpaired) electrons. The van der Waals surface area contributed by atoms with Crippen molar-refractivity contribution in [3.8, 4) is 11.8 Å². The Hall–Kier alpha value is -0.850. The van der Waals surface area contributed by atoms with Gasteiger partial charge in [0.05, 0.1) is 0 Å². The number of rotatable bonds is 5. The third-order valence-electron chi connectivity index (χ3n) is 2.93. The highest BCUT2D eigenvalue weighted by Gasteiger charge is 2.19. The standard InChI is InChI=1S/C14H22O3/c1-3-16-14(17-4-2)11-10-13(15)12-8-6-5-7-9-12/h12,14H,3-9H2,1-2H3. The van der Waals surface area contributed by atoms with Gasteiger partial charge in [0.1, 0.15) is 0 Å². The van der Waals surface area contributed by atoms with Crippen LogP contribution in [0, 0.1) is 17.8 Å². The van der Waals surface area contributed by atoms with Crippen LogP contribution in [-0.4, -0.2) is 25.3 Å². The summed E-state index contributed by atoms with van der Waals surface area (Å²) < 4.78 is 10.5. The Kier molecular flexibility index (Phi) is 6.91. The molecular formula is C14H22O3. The van der Waals surface area contributed by atoms with Crippen LogP contribution in [0.4, 0.5) is 0 Å². The van der Waals surface area contributed by atoms with Crippen molar-refractivity contribution in [1.82, 2.24) is 0 Å². The fourth-order valence-electron chi connectivity index (χ4n) is 2.03. The highest BCUT2D eigenvalue weighted by Crippen LogP contribution is 2.23. The van der Waals surface area contributed by atoms with Crippen molar-refractivity contribution in [1.29, 1.82) is 0 Å². The van der Waals surface area contributed by atoms with Crippen molar-refractivity contribution < 1.29 is 14.3 Å². The van der Waals surface area contributed by atoms with Crippen molar-refractivity contribution in [2.24, 2.45) is 5.92 Å². The van der Waals surface area contributed by atoms with Gasteiger partial charge in [0.25, 0.3) is 0 Å². The van der Waals surface area contributed by atoms with Gasteiger partial charge in [-0.2, -0.15) is 0 Å². The fraction of sp³-hybridized carbons (Fsp3) is 0.786. The molecule has 96 valence electrons. The Bertz CT molecular complexity index is 276. The molecule has 0 aromatic carbocycles. The molecule has 1 saturated carbocycles. The van der Waals surface area contributed by atoms with E-state index in [0.29, 0.717) is 13.2 Å². The molecule has 0 N–H and O–H groups in total. The molecule has 0 amide bonds. The first-order valence-corrected chi connectivity index (χ1v) is 6.56. The monoisotopic (exact) mass is 238 g/mol. The second-order valence-electron chi connectivity index (χ2n) is 4.21. The van der Waals surface area contributed by atoms with E-state index in [0.717, 1.165) is 25.7 Å². The van der Waals surface area contributed by atoms with Gasteiger partial charge in [-0.1, -0.05) is 19.3 Å². The van der Waals surface area contributed by atoms with E-state index in [4.69, 9.17) is 9.47 Å². The lowest BCUT2D eigenvalue weighted by Gasteiger charge is -2.17. The number of carbonyl (C=O) groups excluding carboxylic acids is 1. The van der Waals surface area contributed by atoms with Gasteiger partial charge in [0.2, 0.25) is 12.1 Å². The fourth-order valence-corrected chi connectivity index (χ4v) is 2.03. The number of ketones is 1. The molecule has 0 saturated heterocycles. The van der Waals surface area contributed by atoms with Crippen molar-refractivity contribution >= 4 is 5.78 Å². The van der Waals surface area contributed by atoms with Crippen LogP contribution in [-0.2, 0) is 14.3 Å². The van der Waals surface area contributed by atoms with Crippen molar-refractivity contribution in [2.75, 3.05) is 13.2 Å². The highest BCUT2D eigenvalue weighted by molar-refractivity contribution is 5.97. The van der Waals surface area contributed by atoms with Gasteiger partial charge in [-0.15, -0.1) is 0 Å². The molecular weight excluding hydrogens is 216 g/mol. The molecule has 3 nitrogen and oxygen atoms in total. The van der Waals surface area contributed by atoms with E-state index in [1.54, 1.807) is 0 Å². The molecule has 0 bridgehead atoms. The number of carbonyl (C=O) groups is 1. The van der Waals surface area contributed by atoms with Gasteiger partial charge < -0.3 is 9.47 Å². The molecule has 1 fully saturated rings. The first-order valence-electron chi connectivity index (χ1n) is 6.56. The number of ether oxygens (including phenoxy) is 2. The van der Waals surface area contributed by atoms with E-state index in [1.807, 2.05) is 13.8 Å². The van der Waals surface area contributed by atoms with Crippen LogP contribution < -0.4 is 0 Å². The van der Waals surface area contributed by atoms with Gasteiger partial charge in [-0.3, -0.25) is 4.79 Å². The molecule has 0 aliphatic heterocycles. The van der Waals surface area contributed by atoms with Crippen LogP contribution in [0.2, 0.25) is 0 Å². The molecule has 1 rings (SSSR count). The molecule has 17 heavy (non-hydrogen) atoms. The summed E-state index contributed by atoms with van der Waals surface area (Å²) in [6.07, 6.45) is 4.97. The number of hydrogen-bond donors (Lipinski definition) is 0. The summed E-state index contributed by atoms with van der Waals surface area (Å²) in [7, 11) is 0. The van der Waals surface area contributed by atoms with Crippen LogP contribution >= 0.6 is 0 Å². The van der Waals surface area contributed by atoms with Gasteiger partial charge >= 0.3 is 0 Å². The first kappa shape index (κ1) is 14.2. The third kappa shape index (κ3) is 5.34. The average molecular weight is 238 g/mol. The largest absolute Gasteiger partial charge is 0.342 e. The zero-order chi connectivity index (χ0) is 12.5. The van der Waals surface area contributed by atoms with Gasteiger partial charge in [-0.05, 0) is 38.5 Å². The molecule has 0 aromatic heterocycles. The Morgan fingerprint density at radius 3 is 2.29 bits per heavy atom. The average Bonchev–Trinajstić information content (AvgIpc) is 2.37. The molecule has 0 spiro atoms. The lowest BCUT2D eigenvalue weighted by Crippen LogP contribution is -2.18. The van der Waals surface area contributed by atoms with E-state index >= 15 is 0 Å². The minimum Gasteiger partial charge on any atom is -0.342 e. The quantitative estimate of drug-likeness (QED) is 0.419. The predicted octanol–water partition coefficient (Wildman–Crippen LogP) is 2.54. The van der Waals surface area contributed by atoms with E-state index in [9.17, 15) is 4.79 Å². The molecule has 3 heteroatoms. The van der Waals surface area contributed by atoms with E-state index in [2.05, 4.69) is 11.8 Å². The van der Waals surface area contributed by atoms with Crippen LogP contribution in [0.15, 0.2) is 0 Å². The van der Waals surface area contributed by atoms with Crippen LogP contribution in [0.5, 0.6) is 0 Å². The summed E-state index contributed by atoms with van der Waals surface area (Å²) in [5.74, 6) is 5.65. The SMILES string of the molecule is CCOC(C#CC(=O)C1CCCCC1)OCC. The Balaban J connectivity index is 2.46. The highest BCUT2D eigenvalue weighted by atomic mass is 16.7. The summed E-state index contributed by atoms with van der Waals surface area (Å²) in [5, 5.41) is 0. The summed E-state index contributed by atoms with van der Waals surface area (Å²) in [4.78, 5) is 11.8. The Morgan fingerprint density at radius 2 is 1.76 bits per heavy atom. The topological polar surface area (TPSA) is 35.5 Å². The van der Waals surface area contributed by atoms with Gasteiger partial charge in [-0.25, -0.2) is 0 Å². The molecule has 0 unspecified atom stereocenters. The molecule has 0 aromatic rings. The minimum absolute atomic E-state index is 0.0501. The van der Waals surface area contributed by atoms with Crippen LogP contribution in [0.3, 0.4) is 0 Å². The smallest absolute Gasteiger partial charge is 0.222 e. The van der Waals surface area contributed by atoms with E-state index in [-0.39, 0.29) is 11.7 Å². The second-order valence-corrected chi connectivity index (χ2v) is 4.21. The molecule has 0 heterocycles. The summed E-state index contributed by atoms with van der Waals surface area (Å²) >= 11 is 0. The summed E-state index contributed by atoms with van der Waals surface area (Å²) in [6.45, 7) is 4.85. The van der Waals surface area contributed by atoms with Crippen molar-refractivity contribution in [3.05, 3.63) is 0 Å². The summed E-state index contributed by atoms with van der Waals surface area (Å²) in [6, 6.07) is 0. The maximum absolute atomic E-state index is 11.8. The third-order valence-corrected chi connectivity index (χ3v) is 2.93. The Labute approximate surface area is 104 Å². The van der Waals surface area contributed by atoms with E-state index in [1.165, 1.54) is 6.42 Å². The lowest BCUT2D eigenvalue weighted by molar-refractivity contribution is -0.118. The number of Topliss-reactive ketones (excluding diaryl/α,β-unsaturated/α-hetero) is 1. The minimum atomic E-state index is -0.558. The molecule has 1 aliphatic rings. The van der Waals surface area contributed by atoms with Crippen LogP contribution in [0.25, 0.3) is 0 Å². The zero-order valence-electron chi connectivity index (χ0n) is 10.8. The summed E-state index contributed by atoms with van der Waals surface area (Å²) in [5.41, 5.74) is 0. The number of hydrogen-bond acceptors (Lipinski definition) is 3. The van der Waals surface area contributed by atoms with Crippen molar-refractivity contribution in [2.45, 2.75) is 52.2 Å². The van der Waals surface area contributed by atoms with Gasteiger partial charge in [0.15, 0.2) is 0 Å². The predicted molar refractivity (Wildman–Crippen MR) is 66.4 cm³/mol.